The first-order chi connectivity index (χ1) is 15.9. The Kier molecular flexibility index (Phi) is 7.04. The number of hydrogen-bond donors (Lipinski definition) is 1. The van der Waals surface area contributed by atoms with Crippen LogP contribution in [0.15, 0.2) is 66.7 Å². The molecule has 1 saturated carbocycles. The van der Waals surface area contributed by atoms with Crippen LogP contribution in [-0.2, 0) is 9.53 Å². The van der Waals surface area contributed by atoms with E-state index in [1.807, 2.05) is 12.1 Å². The van der Waals surface area contributed by atoms with Crippen LogP contribution in [0.2, 0.25) is 0 Å². The number of fused-ring (bicyclic) bond motifs is 1. The summed E-state index contributed by atoms with van der Waals surface area (Å²) in [5.74, 6) is 0.852. The van der Waals surface area contributed by atoms with Gasteiger partial charge in [0.2, 0.25) is 0 Å². The fraction of sp³-hybridized carbons (Fsp3) is 0.414. The number of hydrogen-bond acceptors (Lipinski definition) is 4. The van der Waals surface area contributed by atoms with Gasteiger partial charge >= 0.3 is 5.97 Å². The molecule has 1 fully saturated rings. The molecule has 4 rings (SSSR count). The Hall–Kier alpha value is -2.85. The van der Waals surface area contributed by atoms with Crippen molar-refractivity contribution in [2.24, 2.45) is 0 Å². The second kappa shape index (κ2) is 9.96. The number of benzene rings is 3. The van der Waals surface area contributed by atoms with Crippen molar-refractivity contribution >= 4 is 16.7 Å². The lowest BCUT2D eigenvalue weighted by atomic mass is 9.96. The van der Waals surface area contributed by atoms with Gasteiger partial charge in [-0.2, -0.15) is 0 Å². The molecule has 0 saturated heterocycles. The Balaban J connectivity index is 1.41. The summed E-state index contributed by atoms with van der Waals surface area (Å²) >= 11 is 0. The minimum Gasteiger partial charge on any atom is -0.476 e. The largest absolute Gasteiger partial charge is 0.476 e. The number of carbonyl (C=O) groups excluding carboxylic acids is 1. The third-order valence-corrected chi connectivity index (χ3v) is 6.68. The zero-order valence-electron chi connectivity index (χ0n) is 20.1. The van der Waals surface area contributed by atoms with E-state index in [9.17, 15) is 4.79 Å². The van der Waals surface area contributed by atoms with Crippen LogP contribution in [0, 0.1) is 0 Å². The van der Waals surface area contributed by atoms with E-state index in [0.717, 1.165) is 19.3 Å². The molecule has 0 bridgehead atoms. The van der Waals surface area contributed by atoms with Crippen molar-refractivity contribution in [3.05, 3.63) is 77.9 Å². The Morgan fingerprint density at radius 3 is 2.64 bits per heavy atom. The van der Waals surface area contributed by atoms with Gasteiger partial charge in [-0.15, -0.1) is 0 Å². The summed E-state index contributed by atoms with van der Waals surface area (Å²) in [5, 5.41) is 6.49. The highest BCUT2D eigenvalue weighted by Crippen LogP contribution is 2.37. The molecule has 174 valence electrons. The van der Waals surface area contributed by atoms with E-state index in [-0.39, 0.29) is 5.97 Å². The number of carbonyl (C=O) groups is 1. The van der Waals surface area contributed by atoms with Crippen LogP contribution >= 0.6 is 0 Å². The van der Waals surface area contributed by atoms with Crippen molar-refractivity contribution < 1.29 is 14.3 Å². The summed E-state index contributed by atoms with van der Waals surface area (Å²) in [6, 6.07) is 24.1. The molecule has 0 amide bonds. The van der Waals surface area contributed by atoms with Gasteiger partial charge in [-0.25, -0.2) is 4.79 Å². The number of nitrogens with one attached hydrogen (secondary N) is 1. The summed E-state index contributed by atoms with van der Waals surface area (Å²) in [5.41, 5.74) is 1.62. The van der Waals surface area contributed by atoms with Crippen LogP contribution in [0.1, 0.15) is 70.0 Å². The Morgan fingerprint density at radius 1 is 1.06 bits per heavy atom. The highest BCUT2D eigenvalue weighted by molar-refractivity contribution is 5.86. The fourth-order valence-electron chi connectivity index (χ4n) is 4.98. The van der Waals surface area contributed by atoms with Crippen molar-refractivity contribution in [1.82, 2.24) is 5.32 Å². The van der Waals surface area contributed by atoms with Gasteiger partial charge < -0.3 is 14.8 Å². The molecule has 0 aliphatic heterocycles. The first-order valence-electron chi connectivity index (χ1n) is 12.1. The number of rotatable bonds is 8. The minimum absolute atomic E-state index is 0.292. The molecule has 1 N–H and O–H groups in total. The number of ether oxygens (including phenoxy) is 2. The topological polar surface area (TPSA) is 47.6 Å². The van der Waals surface area contributed by atoms with Crippen molar-refractivity contribution in [3.8, 4) is 5.75 Å². The van der Waals surface area contributed by atoms with Crippen molar-refractivity contribution in [2.75, 3.05) is 6.61 Å². The molecule has 0 heterocycles. The van der Waals surface area contributed by atoms with E-state index in [1.54, 1.807) is 20.8 Å². The second-order valence-electron chi connectivity index (χ2n) is 9.57. The van der Waals surface area contributed by atoms with E-state index in [0.29, 0.717) is 30.4 Å². The van der Waals surface area contributed by atoms with Gasteiger partial charge in [-0.05, 0) is 86.9 Å². The molecule has 3 aromatic rings. The van der Waals surface area contributed by atoms with Gasteiger partial charge in [-0.1, -0.05) is 54.6 Å². The maximum absolute atomic E-state index is 12.2. The number of esters is 1. The van der Waals surface area contributed by atoms with E-state index < -0.39 is 5.60 Å². The molecular formula is C29H35NO3. The summed E-state index contributed by atoms with van der Waals surface area (Å²) in [6.45, 7) is 7.92. The third-order valence-electron chi connectivity index (χ3n) is 6.68. The van der Waals surface area contributed by atoms with Crippen LogP contribution in [0.25, 0.3) is 10.8 Å². The lowest BCUT2D eigenvalue weighted by Crippen LogP contribution is -2.39. The van der Waals surface area contributed by atoms with E-state index in [2.05, 4.69) is 66.8 Å². The minimum atomic E-state index is -1.01. The second-order valence-corrected chi connectivity index (χ2v) is 9.57. The Morgan fingerprint density at radius 2 is 1.82 bits per heavy atom. The van der Waals surface area contributed by atoms with Gasteiger partial charge in [0.15, 0.2) is 5.60 Å². The average Bonchev–Trinajstić information content (AvgIpc) is 3.27. The van der Waals surface area contributed by atoms with E-state index >= 15 is 0 Å². The third kappa shape index (κ3) is 5.39. The quantitative estimate of drug-likeness (QED) is 0.400. The zero-order valence-corrected chi connectivity index (χ0v) is 20.1. The summed E-state index contributed by atoms with van der Waals surface area (Å²) in [4.78, 5) is 12.2. The Labute approximate surface area is 197 Å². The highest BCUT2D eigenvalue weighted by Gasteiger charge is 2.32. The molecule has 0 unspecified atom stereocenters. The van der Waals surface area contributed by atoms with Crippen molar-refractivity contribution in [3.63, 3.8) is 0 Å². The first-order valence-corrected chi connectivity index (χ1v) is 12.1. The maximum atomic E-state index is 12.2. The lowest BCUT2D eigenvalue weighted by Gasteiger charge is -2.25. The molecule has 1 aliphatic rings. The summed E-state index contributed by atoms with van der Waals surface area (Å²) < 4.78 is 11.2. The van der Waals surface area contributed by atoms with Crippen LogP contribution in [0.3, 0.4) is 0 Å². The molecule has 0 aromatic heterocycles. The van der Waals surface area contributed by atoms with Crippen LogP contribution < -0.4 is 10.1 Å². The molecule has 0 spiro atoms. The van der Waals surface area contributed by atoms with Gasteiger partial charge in [0.25, 0.3) is 0 Å². The predicted molar refractivity (Wildman–Crippen MR) is 134 cm³/mol. The van der Waals surface area contributed by atoms with E-state index in [4.69, 9.17) is 9.47 Å². The lowest BCUT2D eigenvalue weighted by molar-refractivity contribution is -0.158. The molecule has 4 heteroatoms. The molecule has 33 heavy (non-hydrogen) atoms. The molecular weight excluding hydrogens is 410 g/mol. The Bertz CT molecular complexity index is 1100. The van der Waals surface area contributed by atoms with Crippen molar-refractivity contribution in [2.45, 2.75) is 70.6 Å². The molecule has 1 aliphatic carbocycles. The normalized spacial score (nSPS) is 19.4. The maximum Gasteiger partial charge on any atom is 0.349 e. The smallest absolute Gasteiger partial charge is 0.349 e. The average molecular weight is 446 g/mol. The first kappa shape index (κ1) is 23.3. The fourth-order valence-corrected chi connectivity index (χ4v) is 4.98. The summed E-state index contributed by atoms with van der Waals surface area (Å²) in [7, 11) is 0. The van der Waals surface area contributed by atoms with E-state index in [1.165, 1.54) is 21.9 Å². The van der Waals surface area contributed by atoms with Gasteiger partial charge in [0, 0.05) is 12.1 Å². The van der Waals surface area contributed by atoms with Crippen LogP contribution in [0.4, 0.5) is 0 Å². The van der Waals surface area contributed by atoms with Gasteiger partial charge in [-0.3, -0.25) is 0 Å². The monoisotopic (exact) mass is 445 g/mol. The SMILES string of the molecule is CCOC(=O)C(C)(C)Oc1cccc([C@@H]2CC[C@H](N[C@H](C)c3cccc4ccccc34)C2)c1. The molecule has 3 aromatic carbocycles. The standard InChI is InChI=1S/C29H35NO3/c1-5-32-28(31)29(3,4)33-25-13-8-12-22(19-25)23-16-17-24(18-23)30-20(2)26-15-9-11-21-10-6-7-14-27(21)26/h6-15,19-20,23-24,30H,5,16-18H2,1-4H3/t20-,23-,24+/m1/s1. The van der Waals surface area contributed by atoms with Crippen LogP contribution in [0.5, 0.6) is 5.75 Å². The summed E-state index contributed by atoms with van der Waals surface area (Å²) in [6.07, 6.45) is 3.39. The molecule has 0 radical (unpaired) electrons. The highest BCUT2D eigenvalue weighted by atomic mass is 16.6. The molecule has 3 atom stereocenters. The zero-order chi connectivity index (χ0) is 23.4. The van der Waals surface area contributed by atoms with Crippen LogP contribution in [-0.4, -0.2) is 24.2 Å². The van der Waals surface area contributed by atoms with Gasteiger partial charge in [0.1, 0.15) is 5.75 Å². The van der Waals surface area contributed by atoms with Crippen molar-refractivity contribution in [1.29, 1.82) is 0 Å². The predicted octanol–water partition coefficient (Wildman–Crippen LogP) is 6.55. The molecule has 4 nitrogen and oxygen atoms in total. The van der Waals surface area contributed by atoms with Gasteiger partial charge in [0.05, 0.1) is 6.61 Å².